The highest BCUT2D eigenvalue weighted by atomic mass is 19.1. The van der Waals surface area contributed by atoms with E-state index in [0.29, 0.717) is 0 Å². The number of hydrogen-bond acceptors (Lipinski definition) is 5. The number of carbonyl (C=O) groups excluding carboxylic acids is 1. The molecule has 26 heavy (non-hydrogen) atoms. The minimum absolute atomic E-state index is 0.0218. The van der Waals surface area contributed by atoms with E-state index in [1.165, 1.54) is 18.3 Å². The number of carboxylic acids is 1. The smallest absolute Gasteiger partial charge is 0.322 e. The van der Waals surface area contributed by atoms with E-state index in [9.17, 15) is 23.5 Å². The van der Waals surface area contributed by atoms with Gasteiger partial charge in [-0.05, 0) is 24.3 Å². The molecule has 1 amide bonds. The number of hydrogen-bond donors (Lipinski definition) is 3. The standard InChI is InChI=1S/C17H11F2N3O4/c18-9-3-8(4-10(19)5-9)12-6-20-16-11(22-12)1-2-13(23)15(16)17(26)21-7-14(24)25/h1-6,23H,7H2,(H,21,26)(H,24,25). The fourth-order valence-corrected chi connectivity index (χ4v) is 2.38. The summed E-state index contributed by atoms with van der Waals surface area (Å²) >= 11 is 0. The maximum atomic E-state index is 13.4. The molecule has 1 heterocycles. The van der Waals surface area contributed by atoms with Gasteiger partial charge in [0.1, 0.15) is 35.0 Å². The van der Waals surface area contributed by atoms with Gasteiger partial charge in [-0.15, -0.1) is 0 Å². The number of nitrogens with zero attached hydrogens (tertiary/aromatic N) is 2. The molecule has 0 bridgehead atoms. The summed E-state index contributed by atoms with van der Waals surface area (Å²) in [4.78, 5) is 31.0. The van der Waals surface area contributed by atoms with E-state index in [4.69, 9.17) is 5.11 Å². The molecule has 3 aromatic rings. The number of benzene rings is 2. The van der Waals surface area contributed by atoms with E-state index in [-0.39, 0.29) is 27.9 Å². The molecule has 0 radical (unpaired) electrons. The first-order chi connectivity index (χ1) is 12.3. The Bertz CT molecular complexity index is 1020. The maximum Gasteiger partial charge on any atom is 0.322 e. The lowest BCUT2D eigenvalue weighted by molar-refractivity contribution is -0.135. The van der Waals surface area contributed by atoms with Gasteiger partial charge in [-0.25, -0.2) is 13.8 Å². The van der Waals surface area contributed by atoms with Crippen molar-refractivity contribution in [2.24, 2.45) is 0 Å². The Morgan fingerprint density at radius 2 is 1.81 bits per heavy atom. The van der Waals surface area contributed by atoms with Crippen LogP contribution in [0, 0.1) is 11.6 Å². The summed E-state index contributed by atoms with van der Waals surface area (Å²) in [5.41, 5.74) is 0.285. The molecule has 0 aliphatic heterocycles. The van der Waals surface area contributed by atoms with Crippen LogP contribution in [-0.4, -0.2) is 38.6 Å². The zero-order chi connectivity index (χ0) is 18.8. The van der Waals surface area contributed by atoms with Gasteiger partial charge in [-0.2, -0.15) is 0 Å². The Morgan fingerprint density at radius 3 is 2.46 bits per heavy atom. The largest absolute Gasteiger partial charge is 0.507 e. The highest BCUT2D eigenvalue weighted by Gasteiger charge is 2.18. The Kier molecular flexibility index (Phi) is 4.44. The number of rotatable bonds is 4. The van der Waals surface area contributed by atoms with Gasteiger partial charge >= 0.3 is 5.97 Å². The van der Waals surface area contributed by atoms with Gasteiger partial charge in [0, 0.05) is 11.6 Å². The second kappa shape index (κ2) is 6.71. The highest BCUT2D eigenvalue weighted by molar-refractivity contribution is 6.08. The van der Waals surface area contributed by atoms with Crippen molar-refractivity contribution in [3.8, 4) is 17.0 Å². The first-order valence-electron chi connectivity index (χ1n) is 7.30. The van der Waals surface area contributed by atoms with Crippen LogP contribution >= 0.6 is 0 Å². The number of carbonyl (C=O) groups is 2. The molecule has 0 aliphatic rings. The highest BCUT2D eigenvalue weighted by Crippen LogP contribution is 2.27. The van der Waals surface area contributed by atoms with Crippen molar-refractivity contribution in [2.75, 3.05) is 6.54 Å². The predicted molar refractivity (Wildman–Crippen MR) is 86.5 cm³/mol. The number of phenolic OH excluding ortho intramolecular Hbond substituents is 1. The van der Waals surface area contributed by atoms with Crippen LogP contribution in [0.2, 0.25) is 0 Å². The zero-order valence-corrected chi connectivity index (χ0v) is 13.0. The van der Waals surface area contributed by atoms with Crippen LogP contribution in [0.1, 0.15) is 10.4 Å². The van der Waals surface area contributed by atoms with Crippen LogP contribution < -0.4 is 5.32 Å². The summed E-state index contributed by atoms with van der Waals surface area (Å²) in [6, 6.07) is 5.47. The molecule has 0 unspecified atom stereocenters. The number of aliphatic carboxylic acids is 1. The van der Waals surface area contributed by atoms with Crippen molar-refractivity contribution in [2.45, 2.75) is 0 Å². The average Bonchev–Trinajstić information content (AvgIpc) is 2.58. The third-order valence-electron chi connectivity index (χ3n) is 3.48. The Labute approximate surface area is 144 Å². The van der Waals surface area contributed by atoms with Gasteiger partial charge in [0.05, 0.1) is 17.4 Å². The van der Waals surface area contributed by atoms with Crippen LogP contribution in [-0.2, 0) is 4.79 Å². The quantitative estimate of drug-likeness (QED) is 0.658. The summed E-state index contributed by atoms with van der Waals surface area (Å²) in [6.07, 6.45) is 1.20. The summed E-state index contributed by atoms with van der Waals surface area (Å²) in [6.45, 7) is -0.636. The zero-order valence-electron chi connectivity index (χ0n) is 13.0. The summed E-state index contributed by atoms with van der Waals surface area (Å²) in [5.74, 6) is -4.05. The fraction of sp³-hybridized carbons (Fsp3) is 0.0588. The van der Waals surface area contributed by atoms with Crippen LogP contribution in [0.15, 0.2) is 36.5 Å². The molecule has 132 valence electrons. The topological polar surface area (TPSA) is 112 Å². The van der Waals surface area contributed by atoms with E-state index >= 15 is 0 Å². The first-order valence-corrected chi connectivity index (χ1v) is 7.30. The number of aromatic hydroxyl groups is 1. The van der Waals surface area contributed by atoms with Gasteiger partial charge in [0.15, 0.2) is 0 Å². The third kappa shape index (κ3) is 3.41. The first kappa shape index (κ1) is 17.2. The molecular formula is C17H11F2N3O4. The lowest BCUT2D eigenvalue weighted by atomic mass is 10.1. The fourth-order valence-electron chi connectivity index (χ4n) is 2.38. The van der Waals surface area contributed by atoms with Crippen LogP contribution in [0.25, 0.3) is 22.3 Å². The minimum Gasteiger partial charge on any atom is -0.507 e. The van der Waals surface area contributed by atoms with Gasteiger partial charge in [0.2, 0.25) is 0 Å². The lowest BCUT2D eigenvalue weighted by Crippen LogP contribution is -2.29. The Hall–Kier alpha value is -3.62. The minimum atomic E-state index is -1.25. The van der Waals surface area contributed by atoms with E-state index in [0.717, 1.165) is 18.2 Å². The second-order valence-corrected chi connectivity index (χ2v) is 5.32. The molecule has 0 fully saturated rings. The summed E-state index contributed by atoms with van der Waals surface area (Å²) in [5, 5.41) is 20.7. The molecule has 3 N–H and O–H groups in total. The Morgan fingerprint density at radius 1 is 1.12 bits per heavy atom. The number of amides is 1. The van der Waals surface area contributed by atoms with E-state index in [1.54, 1.807) is 0 Å². The number of nitrogens with one attached hydrogen (secondary N) is 1. The molecule has 1 aromatic heterocycles. The van der Waals surface area contributed by atoms with E-state index < -0.39 is 35.8 Å². The lowest BCUT2D eigenvalue weighted by Gasteiger charge is -2.09. The molecule has 0 aliphatic carbocycles. The molecule has 2 aromatic carbocycles. The van der Waals surface area contributed by atoms with Crippen molar-refractivity contribution in [3.05, 3.63) is 53.7 Å². The second-order valence-electron chi connectivity index (χ2n) is 5.32. The number of halogens is 2. The van der Waals surface area contributed by atoms with Crippen molar-refractivity contribution in [3.63, 3.8) is 0 Å². The van der Waals surface area contributed by atoms with Gasteiger partial charge in [0.25, 0.3) is 5.91 Å². The SMILES string of the molecule is O=C(O)CNC(=O)c1c(O)ccc2nc(-c3cc(F)cc(F)c3)cnc12. The molecule has 0 saturated heterocycles. The number of aromatic nitrogens is 2. The number of fused-ring (bicyclic) bond motifs is 1. The maximum absolute atomic E-state index is 13.4. The van der Waals surface area contributed by atoms with Crippen molar-refractivity contribution >= 4 is 22.9 Å². The number of carboxylic acid groups (broad SMARTS) is 1. The molecule has 9 heteroatoms. The molecule has 0 atom stereocenters. The summed E-state index contributed by atoms with van der Waals surface area (Å²) < 4.78 is 26.8. The summed E-state index contributed by atoms with van der Waals surface area (Å²) in [7, 11) is 0. The molecule has 0 spiro atoms. The van der Waals surface area contributed by atoms with Gasteiger partial charge < -0.3 is 15.5 Å². The monoisotopic (exact) mass is 359 g/mol. The van der Waals surface area contributed by atoms with Gasteiger partial charge in [-0.1, -0.05) is 0 Å². The predicted octanol–water partition coefficient (Wildman–Crippen LogP) is 2.09. The van der Waals surface area contributed by atoms with E-state index in [2.05, 4.69) is 15.3 Å². The third-order valence-corrected chi connectivity index (χ3v) is 3.48. The number of phenols is 1. The van der Waals surface area contributed by atoms with Crippen LogP contribution in [0.5, 0.6) is 5.75 Å². The van der Waals surface area contributed by atoms with Crippen molar-refractivity contribution in [1.29, 1.82) is 0 Å². The van der Waals surface area contributed by atoms with Gasteiger partial charge in [-0.3, -0.25) is 14.6 Å². The van der Waals surface area contributed by atoms with E-state index in [1.807, 2.05) is 0 Å². The molecular weight excluding hydrogens is 348 g/mol. The van der Waals surface area contributed by atoms with Crippen LogP contribution in [0.3, 0.4) is 0 Å². The molecule has 7 nitrogen and oxygen atoms in total. The Balaban J connectivity index is 2.08. The van der Waals surface area contributed by atoms with Crippen LogP contribution in [0.4, 0.5) is 8.78 Å². The molecule has 3 rings (SSSR count). The van der Waals surface area contributed by atoms with Crippen molar-refractivity contribution < 1.29 is 28.6 Å². The average molecular weight is 359 g/mol. The van der Waals surface area contributed by atoms with Crippen molar-refractivity contribution in [1.82, 2.24) is 15.3 Å². The normalized spacial score (nSPS) is 10.7. The molecule has 0 saturated carbocycles.